The molecule has 1 aromatic rings. The number of ether oxygens (including phenoxy) is 1. The van der Waals surface area contributed by atoms with Crippen molar-refractivity contribution in [2.24, 2.45) is 0 Å². The van der Waals surface area contributed by atoms with Gasteiger partial charge in [-0.2, -0.15) is 0 Å². The molecule has 0 unspecified atom stereocenters. The normalized spacial score (nSPS) is 17.9. The average Bonchev–Trinajstić information content (AvgIpc) is 2.36. The highest BCUT2D eigenvalue weighted by molar-refractivity contribution is 9.10. The van der Waals surface area contributed by atoms with Crippen LogP contribution in [0.3, 0.4) is 0 Å². The highest BCUT2D eigenvalue weighted by Crippen LogP contribution is 2.27. The molecule has 0 radical (unpaired) electrons. The Kier molecular flexibility index (Phi) is 5.30. The Labute approximate surface area is 122 Å². The minimum Gasteiger partial charge on any atom is -0.491 e. The molecule has 1 aromatic carbocycles. The molecule has 0 aromatic heterocycles. The van der Waals surface area contributed by atoms with Crippen LogP contribution in [0.5, 0.6) is 5.75 Å². The summed E-state index contributed by atoms with van der Waals surface area (Å²) in [6.07, 6.45) is 0. The summed E-state index contributed by atoms with van der Waals surface area (Å²) in [5.74, 6) is 0.816. The van der Waals surface area contributed by atoms with E-state index in [9.17, 15) is 0 Å². The summed E-state index contributed by atoms with van der Waals surface area (Å²) in [6, 6.07) is 5.60. The lowest BCUT2D eigenvalue weighted by Gasteiger charge is -2.32. The zero-order valence-electron chi connectivity index (χ0n) is 10.5. The quantitative estimate of drug-likeness (QED) is 0.842. The van der Waals surface area contributed by atoms with E-state index in [-0.39, 0.29) is 0 Å². The first-order valence-corrected chi connectivity index (χ1v) is 7.31. The Morgan fingerprint density at radius 1 is 1.28 bits per heavy atom. The van der Waals surface area contributed by atoms with Crippen LogP contribution in [0.15, 0.2) is 22.7 Å². The van der Waals surface area contributed by atoms with Crippen LogP contribution in [-0.4, -0.2) is 56.2 Å². The fraction of sp³-hybridized carbons (Fsp3) is 0.538. The second-order valence-corrected chi connectivity index (χ2v) is 5.86. The topological polar surface area (TPSA) is 15.7 Å². The number of benzene rings is 1. The van der Waals surface area contributed by atoms with Gasteiger partial charge in [0.1, 0.15) is 12.4 Å². The predicted molar refractivity (Wildman–Crippen MR) is 78.6 cm³/mol. The van der Waals surface area contributed by atoms with Gasteiger partial charge < -0.3 is 9.64 Å². The SMILES string of the molecule is CN1CCN(CCOc2cc(Cl)ccc2Br)CC1. The van der Waals surface area contributed by atoms with Crippen LogP contribution in [0.1, 0.15) is 0 Å². The lowest BCUT2D eigenvalue weighted by Crippen LogP contribution is -2.45. The summed E-state index contributed by atoms with van der Waals surface area (Å²) in [5.41, 5.74) is 0. The molecule has 0 atom stereocenters. The van der Waals surface area contributed by atoms with Gasteiger partial charge in [-0.05, 0) is 41.2 Å². The van der Waals surface area contributed by atoms with Gasteiger partial charge in [0.2, 0.25) is 0 Å². The van der Waals surface area contributed by atoms with Gasteiger partial charge in [0, 0.05) is 37.7 Å². The molecule has 0 saturated carbocycles. The van der Waals surface area contributed by atoms with Crippen molar-refractivity contribution in [1.82, 2.24) is 9.80 Å². The number of hydrogen-bond donors (Lipinski definition) is 0. The first-order chi connectivity index (χ1) is 8.65. The summed E-state index contributed by atoms with van der Waals surface area (Å²) >= 11 is 9.40. The van der Waals surface area contributed by atoms with Gasteiger partial charge in [0.05, 0.1) is 4.47 Å². The summed E-state index contributed by atoms with van der Waals surface area (Å²) in [6.45, 7) is 6.18. The molecule has 1 heterocycles. The Bertz CT molecular complexity index is 395. The second-order valence-electron chi connectivity index (χ2n) is 4.57. The molecule has 1 aliphatic rings. The third-order valence-electron chi connectivity index (χ3n) is 3.15. The third kappa shape index (κ3) is 4.12. The van der Waals surface area contributed by atoms with Crippen molar-refractivity contribution in [3.05, 3.63) is 27.7 Å². The van der Waals surface area contributed by atoms with E-state index in [4.69, 9.17) is 16.3 Å². The third-order valence-corrected chi connectivity index (χ3v) is 4.04. The lowest BCUT2D eigenvalue weighted by atomic mass is 10.3. The Morgan fingerprint density at radius 3 is 2.72 bits per heavy atom. The zero-order chi connectivity index (χ0) is 13.0. The van der Waals surface area contributed by atoms with Crippen LogP contribution < -0.4 is 4.74 Å². The van der Waals surface area contributed by atoms with E-state index in [1.807, 2.05) is 18.2 Å². The zero-order valence-corrected chi connectivity index (χ0v) is 12.9. The van der Waals surface area contributed by atoms with Crippen molar-refractivity contribution in [3.63, 3.8) is 0 Å². The van der Waals surface area contributed by atoms with E-state index in [0.29, 0.717) is 11.6 Å². The van der Waals surface area contributed by atoms with E-state index in [2.05, 4.69) is 32.8 Å². The van der Waals surface area contributed by atoms with Crippen LogP contribution in [0.4, 0.5) is 0 Å². The highest BCUT2D eigenvalue weighted by Gasteiger charge is 2.13. The van der Waals surface area contributed by atoms with E-state index >= 15 is 0 Å². The Morgan fingerprint density at radius 2 is 2.00 bits per heavy atom. The van der Waals surface area contributed by atoms with Crippen LogP contribution in [0, 0.1) is 0 Å². The van der Waals surface area contributed by atoms with E-state index in [1.165, 1.54) is 0 Å². The van der Waals surface area contributed by atoms with Gasteiger partial charge >= 0.3 is 0 Å². The maximum atomic E-state index is 5.94. The van der Waals surface area contributed by atoms with E-state index in [0.717, 1.165) is 42.9 Å². The molecule has 0 amide bonds. The van der Waals surface area contributed by atoms with E-state index < -0.39 is 0 Å². The minimum atomic E-state index is 0.697. The summed E-state index contributed by atoms with van der Waals surface area (Å²) in [7, 11) is 2.16. The van der Waals surface area contributed by atoms with Gasteiger partial charge in [0.15, 0.2) is 0 Å². The number of piperazine rings is 1. The number of nitrogens with zero attached hydrogens (tertiary/aromatic N) is 2. The van der Waals surface area contributed by atoms with Crippen LogP contribution in [-0.2, 0) is 0 Å². The average molecular weight is 334 g/mol. The summed E-state index contributed by atoms with van der Waals surface area (Å²) in [4.78, 5) is 4.78. The molecule has 18 heavy (non-hydrogen) atoms. The lowest BCUT2D eigenvalue weighted by molar-refractivity contribution is 0.133. The Balaban J connectivity index is 1.76. The van der Waals surface area contributed by atoms with Crippen molar-refractivity contribution in [2.45, 2.75) is 0 Å². The number of likely N-dealkylation sites (N-methyl/N-ethyl adjacent to an activating group) is 1. The van der Waals surface area contributed by atoms with Crippen molar-refractivity contribution < 1.29 is 4.74 Å². The Hall–Kier alpha value is -0.290. The molecule has 5 heteroatoms. The standard InChI is InChI=1S/C13H18BrClN2O/c1-16-4-6-17(7-5-16)8-9-18-13-10-11(15)2-3-12(13)14/h2-3,10H,4-9H2,1H3. The first-order valence-electron chi connectivity index (χ1n) is 6.14. The first kappa shape index (κ1) is 14.1. The summed E-state index contributed by atoms with van der Waals surface area (Å²) in [5, 5.41) is 0.702. The van der Waals surface area contributed by atoms with Crippen LogP contribution in [0.2, 0.25) is 5.02 Å². The smallest absolute Gasteiger partial charge is 0.135 e. The molecule has 100 valence electrons. The molecular formula is C13H18BrClN2O. The molecule has 1 fully saturated rings. The van der Waals surface area contributed by atoms with E-state index in [1.54, 1.807) is 0 Å². The molecule has 2 rings (SSSR count). The molecule has 1 saturated heterocycles. The van der Waals surface area contributed by atoms with Gasteiger partial charge in [0.25, 0.3) is 0 Å². The van der Waals surface area contributed by atoms with Crippen molar-refractivity contribution in [3.8, 4) is 5.75 Å². The number of halogens is 2. The fourth-order valence-electron chi connectivity index (χ4n) is 1.94. The molecule has 1 aliphatic heterocycles. The molecule has 0 spiro atoms. The van der Waals surface area contributed by atoms with Crippen LogP contribution in [0.25, 0.3) is 0 Å². The molecule has 0 aliphatic carbocycles. The largest absolute Gasteiger partial charge is 0.491 e. The molecule has 3 nitrogen and oxygen atoms in total. The number of hydrogen-bond acceptors (Lipinski definition) is 3. The van der Waals surface area contributed by atoms with Gasteiger partial charge in [-0.25, -0.2) is 0 Å². The maximum Gasteiger partial charge on any atom is 0.135 e. The molecule has 0 bridgehead atoms. The van der Waals surface area contributed by atoms with Crippen molar-refractivity contribution in [2.75, 3.05) is 46.4 Å². The van der Waals surface area contributed by atoms with Gasteiger partial charge in [-0.3, -0.25) is 4.90 Å². The predicted octanol–water partition coefficient (Wildman–Crippen LogP) is 2.73. The fourth-order valence-corrected chi connectivity index (χ4v) is 2.47. The minimum absolute atomic E-state index is 0.697. The van der Waals surface area contributed by atoms with Crippen LogP contribution >= 0.6 is 27.5 Å². The van der Waals surface area contributed by atoms with Gasteiger partial charge in [-0.15, -0.1) is 0 Å². The molecule has 0 N–H and O–H groups in total. The number of rotatable bonds is 4. The maximum absolute atomic E-state index is 5.94. The summed E-state index contributed by atoms with van der Waals surface area (Å²) < 4.78 is 6.71. The van der Waals surface area contributed by atoms with Crippen molar-refractivity contribution >= 4 is 27.5 Å². The highest BCUT2D eigenvalue weighted by atomic mass is 79.9. The van der Waals surface area contributed by atoms with Gasteiger partial charge in [-0.1, -0.05) is 11.6 Å². The van der Waals surface area contributed by atoms with Crippen molar-refractivity contribution in [1.29, 1.82) is 0 Å². The molecular weight excluding hydrogens is 316 g/mol. The second kappa shape index (κ2) is 6.75. The monoisotopic (exact) mass is 332 g/mol.